The number of amides is 1. The quantitative estimate of drug-likeness (QED) is 0.563. The van der Waals surface area contributed by atoms with Crippen LogP contribution >= 0.6 is 11.8 Å². The van der Waals surface area contributed by atoms with Crippen LogP contribution in [0.3, 0.4) is 0 Å². The smallest absolute Gasteiger partial charge is 0.338 e. The van der Waals surface area contributed by atoms with E-state index in [0.717, 1.165) is 11.1 Å². The summed E-state index contributed by atoms with van der Waals surface area (Å²) in [5.41, 5.74) is 2.89. The summed E-state index contributed by atoms with van der Waals surface area (Å²) < 4.78 is 11.2. The van der Waals surface area contributed by atoms with E-state index in [0.29, 0.717) is 35.2 Å². The number of carbonyl (C=O) groups excluding carboxylic acids is 2. The van der Waals surface area contributed by atoms with Crippen molar-refractivity contribution in [2.75, 3.05) is 6.61 Å². The zero-order valence-corrected chi connectivity index (χ0v) is 19.2. The molecule has 0 aliphatic carbocycles. The van der Waals surface area contributed by atoms with Gasteiger partial charge in [-0.3, -0.25) is 9.69 Å². The van der Waals surface area contributed by atoms with Gasteiger partial charge < -0.3 is 9.47 Å². The molecule has 2 aromatic rings. The molecule has 1 saturated heterocycles. The van der Waals surface area contributed by atoms with E-state index in [9.17, 15) is 9.59 Å². The lowest BCUT2D eigenvalue weighted by Crippen LogP contribution is -2.40. The largest absolute Gasteiger partial charge is 0.489 e. The Bertz CT molecular complexity index is 1060. The molecule has 2 heterocycles. The van der Waals surface area contributed by atoms with Crippen molar-refractivity contribution in [3.05, 3.63) is 77.0 Å². The number of ether oxygens (including phenoxy) is 2. The summed E-state index contributed by atoms with van der Waals surface area (Å²) >= 11 is 1.46. The molecule has 1 amide bonds. The van der Waals surface area contributed by atoms with Gasteiger partial charge in [0.1, 0.15) is 12.4 Å². The summed E-state index contributed by atoms with van der Waals surface area (Å²) in [7, 11) is 0. The number of hydrogen-bond donors (Lipinski definition) is 0. The minimum Gasteiger partial charge on any atom is -0.489 e. The van der Waals surface area contributed by atoms with Crippen molar-refractivity contribution in [2.45, 2.75) is 45.1 Å². The molecule has 2 aliphatic heterocycles. The zero-order valence-electron chi connectivity index (χ0n) is 18.4. The molecular formula is C25H26N2O4S. The van der Waals surface area contributed by atoms with Gasteiger partial charge in [0.2, 0.25) is 5.91 Å². The molecule has 2 aliphatic rings. The maximum Gasteiger partial charge on any atom is 0.338 e. The number of allylic oxidation sites excluding steroid dienone is 1. The monoisotopic (exact) mass is 450 g/mol. The molecule has 0 saturated carbocycles. The van der Waals surface area contributed by atoms with Crippen molar-refractivity contribution in [1.82, 2.24) is 4.90 Å². The third-order valence-corrected chi connectivity index (χ3v) is 6.78. The number of hydrogen-bond acceptors (Lipinski definition) is 6. The number of aliphatic imine (C=N–C) groups is 1. The second-order valence-electron chi connectivity index (χ2n) is 7.58. The predicted octanol–water partition coefficient (Wildman–Crippen LogP) is 4.87. The summed E-state index contributed by atoms with van der Waals surface area (Å²) in [5, 5.41) is 0.445. The minimum atomic E-state index is -0.568. The van der Waals surface area contributed by atoms with Gasteiger partial charge in [0.05, 0.1) is 29.2 Å². The van der Waals surface area contributed by atoms with E-state index in [-0.39, 0.29) is 17.8 Å². The molecule has 6 nitrogen and oxygen atoms in total. The molecule has 2 aromatic carbocycles. The van der Waals surface area contributed by atoms with Gasteiger partial charge in [-0.15, -0.1) is 0 Å². The van der Waals surface area contributed by atoms with Crippen molar-refractivity contribution < 1.29 is 19.1 Å². The molecule has 0 N–H and O–H groups in total. The van der Waals surface area contributed by atoms with Gasteiger partial charge in [0.15, 0.2) is 5.17 Å². The fourth-order valence-electron chi connectivity index (χ4n) is 3.86. The fourth-order valence-corrected chi connectivity index (χ4v) is 5.00. The van der Waals surface area contributed by atoms with Crippen LogP contribution in [-0.2, 0) is 20.9 Å². The van der Waals surface area contributed by atoms with Crippen molar-refractivity contribution in [3.8, 4) is 5.75 Å². The highest BCUT2D eigenvalue weighted by Gasteiger charge is 2.47. The fraction of sp³-hybridized carbons (Fsp3) is 0.320. The van der Waals surface area contributed by atoms with Gasteiger partial charge in [-0.25, -0.2) is 9.79 Å². The molecule has 1 fully saturated rings. The molecule has 4 rings (SSSR count). The van der Waals surface area contributed by atoms with Crippen molar-refractivity contribution >= 4 is 28.8 Å². The first kappa shape index (κ1) is 22.1. The Morgan fingerprint density at radius 1 is 1.09 bits per heavy atom. The van der Waals surface area contributed by atoms with Crippen LogP contribution < -0.4 is 4.74 Å². The average Bonchev–Trinajstić information content (AvgIpc) is 3.13. The molecule has 7 heteroatoms. The SMILES string of the molecule is CCOC(=O)C1=C(C)N=C2S[C@@H](CC)C(=O)N2[C@H]1c1ccc(OCc2ccccc2)cc1. The van der Waals surface area contributed by atoms with E-state index in [2.05, 4.69) is 4.99 Å². The highest BCUT2D eigenvalue weighted by atomic mass is 32.2. The predicted molar refractivity (Wildman–Crippen MR) is 125 cm³/mol. The molecule has 0 spiro atoms. The first-order valence-electron chi connectivity index (χ1n) is 10.8. The summed E-state index contributed by atoms with van der Waals surface area (Å²) in [6, 6.07) is 16.9. The second kappa shape index (κ2) is 9.61. The number of nitrogens with zero attached hydrogens (tertiary/aromatic N) is 2. The molecule has 32 heavy (non-hydrogen) atoms. The van der Waals surface area contributed by atoms with Crippen molar-refractivity contribution in [2.24, 2.45) is 4.99 Å². The lowest BCUT2D eigenvalue weighted by atomic mass is 9.94. The Labute approximate surface area is 192 Å². The maximum atomic E-state index is 13.1. The molecule has 0 bridgehead atoms. The van der Waals surface area contributed by atoms with Crippen LogP contribution in [0.4, 0.5) is 0 Å². The highest BCUT2D eigenvalue weighted by molar-refractivity contribution is 8.15. The maximum absolute atomic E-state index is 13.1. The molecule has 166 valence electrons. The standard InChI is InChI=1S/C25H26N2O4S/c1-4-20-23(28)27-22(21(24(29)30-5-2)16(3)26-25(27)32-20)18-11-13-19(14-12-18)31-15-17-9-7-6-8-10-17/h6-14,20,22H,4-5,15H2,1-3H3/t20-,22-/m0/s1. The number of benzene rings is 2. The van der Waals surface area contributed by atoms with Crippen LogP contribution in [0.25, 0.3) is 0 Å². The third kappa shape index (κ3) is 4.30. The Morgan fingerprint density at radius 3 is 2.47 bits per heavy atom. The Balaban J connectivity index is 1.64. The van der Waals surface area contributed by atoms with Gasteiger partial charge in [0.25, 0.3) is 0 Å². The topological polar surface area (TPSA) is 68.2 Å². The average molecular weight is 451 g/mol. The first-order valence-corrected chi connectivity index (χ1v) is 11.6. The first-order chi connectivity index (χ1) is 15.5. The number of amidine groups is 1. The van der Waals surface area contributed by atoms with Crippen molar-refractivity contribution in [3.63, 3.8) is 0 Å². The van der Waals surface area contributed by atoms with Crippen LogP contribution in [0, 0.1) is 0 Å². The number of carbonyl (C=O) groups is 2. The summed E-state index contributed by atoms with van der Waals surface area (Å²) in [4.78, 5) is 32.2. The molecule has 0 radical (unpaired) electrons. The number of esters is 1. The normalized spacial score (nSPS) is 20.2. The molecule has 0 unspecified atom stereocenters. The molecule has 2 atom stereocenters. The van der Waals surface area contributed by atoms with Gasteiger partial charge in [0, 0.05) is 0 Å². The number of thioether (sulfide) groups is 1. The van der Waals surface area contributed by atoms with Gasteiger partial charge in [-0.05, 0) is 43.5 Å². The molecule has 0 aromatic heterocycles. The van der Waals surface area contributed by atoms with E-state index >= 15 is 0 Å². The Kier molecular flexibility index (Phi) is 6.65. The zero-order chi connectivity index (χ0) is 22.7. The van der Waals surface area contributed by atoms with Crippen molar-refractivity contribution in [1.29, 1.82) is 0 Å². The molecular weight excluding hydrogens is 424 g/mol. The van der Waals surface area contributed by atoms with Crippen LogP contribution in [0.15, 0.2) is 70.9 Å². The second-order valence-corrected chi connectivity index (χ2v) is 8.75. The number of rotatable bonds is 7. The van der Waals surface area contributed by atoms with Crippen LogP contribution in [0.1, 0.15) is 44.4 Å². The third-order valence-electron chi connectivity index (χ3n) is 5.46. The van der Waals surface area contributed by atoms with Crippen LogP contribution in [0.5, 0.6) is 5.75 Å². The van der Waals surface area contributed by atoms with E-state index in [1.807, 2.05) is 61.5 Å². The van der Waals surface area contributed by atoms with Gasteiger partial charge in [-0.2, -0.15) is 0 Å². The van der Waals surface area contributed by atoms with E-state index in [1.165, 1.54) is 11.8 Å². The minimum absolute atomic E-state index is 0.0278. The summed E-state index contributed by atoms with van der Waals surface area (Å²) in [6.07, 6.45) is 0.700. The lowest BCUT2D eigenvalue weighted by molar-refractivity contribution is -0.139. The highest BCUT2D eigenvalue weighted by Crippen LogP contribution is 2.44. The van der Waals surface area contributed by atoms with Crippen LogP contribution in [-0.4, -0.2) is 33.8 Å². The Hall–Kier alpha value is -3.06. The lowest BCUT2D eigenvalue weighted by Gasteiger charge is -2.33. The number of fused-ring (bicyclic) bond motifs is 1. The van der Waals surface area contributed by atoms with Gasteiger partial charge >= 0.3 is 5.97 Å². The summed E-state index contributed by atoms with van der Waals surface area (Å²) in [5.74, 6) is 0.245. The Morgan fingerprint density at radius 2 is 1.81 bits per heavy atom. The van der Waals surface area contributed by atoms with E-state index in [4.69, 9.17) is 9.47 Å². The van der Waals surface area contributed by atoms with E-state index in [1.54, 1.807) is 18.7 Å². The van der Waals surface area contributed by atoms with Gasteiger partial charge in [-0.1, -0.05) is 61.2 Å². The van der Waals surface area contributed by atoms with Crippen LogP contribution in [0.2, 0.25) is 0 Å². The summed E-state index contributed by atoms with van der Waals surface area (Å²) in [6.45, 7) is 6.27. The van der Waals surface area contributed by atoms with E-state index < -0.39 is 12.0 Å².